The molecule has 0 saturated heterocycles. The van der Waals surface area contributed by atoms with Crippen molar-refractivity contribution in [3.63, 3.8) is 0 Å². The maximum Gasteiger partial charge on any atom is 0.169 e. The van der Waals surface area contributed by atoms with Crippen LogP contribution in [-0.2, 0) is 6.42 Å². The molecule has 0 amide bonds. The molecule has 2 nitrogen and oxygen atoms in total. The first-order valence-corrected chi connectivity index (χ1v) is 6.96. The van der Waals surface area contributed by atoms with Crippen LogP contribution in [0.4, 0.5) is 0 Å². The van der Waals surface area contributed by atoms with E-state index in [-0.39, 0.29) is 6.04 Å². The Balaban J connectivity index is 1.96. The molecule has 0 spiro atoms. The third-order valence-electron chi connectivity index (χ3n) is 2.59. The summed E-state index contributed by atoms with van der Waals surface area (Å²) in [6, 6.07) is 6.41. The summed E-state index contributed by atoms with van der Waals surface area (Å²) in [6.07, 6.45) is 2.13. The Hall–Kier alpha value is -0.580. The molecular weight excluding hydrogens is 286 g/mol. The molecule has 2 aromatic rings. The first kappa shape index (κ1) is 11.9. The van der Waals surface area contributed by atoms with Gasteiger partial charge in [-0.25, -0.2) is 0 Å². The molecule has 2 heterocycles. The molecule has 1 unspecified atom stereocenters. The second-order valence-corrected chi connectivity index (χ2v) is 5.22. The average Bonchev–Trinajstić information content (AvgIpc) is 2.91. The van der Waals surface area contributed by atoms with Gasteiger partial charge in [0.15, 0.2) is 4.67 Å². The predicted molar refractivity (Wildman–Crippen MR) is 70.8 cm³/mol. The lowest BCUT2D eigenvalue weighted by Gasteiger charge is -2.12. The normalized spacial score (nSPS) is 12.9. The van der Waals surface area contributed by atoms with E-state index in [0.29, 0.717) is 0 Å². The highest BCUT2D eigenvalue weighted by Gasteiger charge is 2.13. The van der Waals surface area contributed by atoms with Crippen LogP contribution in [-0.4, -0.2) is 7.05 Å². The van der Waals surface area contributed by atoms with Crippen molar-refractivity contribution in [1.29, 1.82) is 0 Å². The smallest absolute Gasteiger partial charge is 0.169 e. The summed E-state index contributed by atoms with van der Waals surface area (Å²) in [6.45, 7) is 0. The van der Waals surface area contributed by atoms with Gasteiger partial charge in [-0.15, -0.1) is 0 Å². The van der Waals surface area contributed by atoms with Crippen LogP contribution in [0, 0.1) is 0 Å². The topological polar surface area (TPSA) is 25.2 Å². The highest BCUT2D eigenvalue weighted by molar-refractivity contribution is 9.10. The Morgan fingerprint density at radius 2 is 2.31 bits per heavy atom. The maximum atomic E-state index is 5.56. The van der Waals surface area contributed by atoms with Crippen LogP contribution in [0.3, 0.4) is 0 Å². The number of furan rings is 1. The summed E-state index contributed by atoms with van der Waals surface area (Å²) in [7, 11) is 1.97. The average molecular weight is 300 g/mol. The monoisotopic (exact) mass is 299 g/mol. The van der Waals surface area contributed by atoms with Gasteiger partial charge in [-0.05, 0) is 70.3 Å². The van der Waals surface area contributed by atoms with Crippen molar-refractivity contribution in [2.75, 3.05) is 7.05 Å². The molecule has 16 heavy (non-hydrogen) atoms. The van der Waals surface area contributed by atoms with Crippen molar-refractivity contribution in [1.82, 2.24) is 5.32 Å². The lowest BCUT2D eigenvalue weighted by molar-refractivity contribution is 0.404. The van der Waals surface area contributed by atoms with Crippen LogP contribution in [0.15, 0.2) is 38.0 Å². The Labute approximate surface area is 108 Å². The second kappa shape index (κ2) is 5.66. The SMILES string of the molecule is CNC(CCc1ccsc1)c1ccc(Br)o1. The largest absolute Gasteiger partial charge is 0.453 e. The molecule has 0 aliphatic carbocycles. The minimum absolute atomic E-state index is 0.284. The van der Waals surface area contributed by atoms with Gasteiger partial charge in [0.1, 0.15) is 5.76 Å². The van der Waals surface area contributed by atoms with Crippen LogP contribution >= 0.6 is 27.3 Å². The van der Waals surface area contributed by atoms with Gasteiger partial charge in [-0.2, -0.15) is 11.3 Å². The summed E-state index contributed by atoms with van der Waals surface area (Å²) in [5.74, 6) is 0.990. The molecule has 1 N–H and O–H groups in total. The van der Waals surface area contributed by atoms with Gasteiger partial charge in [-0.3, -0.25) is 0 Å². The zero-order valence-corrected chi connectivity index (χ0v) is 11.5. The third kappa shape index (κ3) is 2.97. The van der Waals surface area contributed by atoms with Gasteiger partial charge in [0.25, 0.3) is 0 Å². The zero-order valence-electron chi connectivity index (χ0n) is 9.07. The minimum atomic E-state index is 0.284. The third-order valence-corrected chi connectivity index (χ3v) is 3.75. The molecule has 1 atom stereocenters. The highest BCUT2D eigenvalue weighted by atomic mass is 79.9. The van der Waals surface area contributed by atoms with Crippen LogP contribution in [0.2, 0.25) is 0 Å². The van der Waals surface area contributed by atoms with Gasteiger partial charge < -0.3 is 9.73 Å². The molecule has 0 aliphatic heterocycles. The maximum absolute atomic E-state index is 5.56. The van der Waals surface area contributed by atoms with Gasteiger partial charge in [0.05, 0.1) is 6.04 Å². The van der Waals surface area contributed by atoms with Gasteiger partial charge in [0, 0.05) is 0 Å². The van der Waals surface area contributed by atoms with Gasteiger partial charge >= 0.3 is 0 Å². The molecule has 0 bridgehead atoms. The van der Waals surface area contributed by atoms with Crippen LogP contribution in [0.1, 0.15) is 23.8 Å². The Bertz CT molecular complexity index is 424. The number of halogens is 1. The van der Waals surface area contributed by atoms with Gasteiger partial charge in [-0.1, -0.05) is 0 Å². The standard InChI is InChI=1S/C12H14BrNOS/c1-14-10(11-4-5-12(13)15-11)3-2-9-6-7-16-8-9/h4-8,10,14H,2-3H2,1H3. The van der Waals surface area contributed by atoms with E-state index in [1.807, 2.05) is 19.2 Å². The van der Waals surface area contributed by atoms with Crippen LogP contribution in [0.5, 0.6) is 0 Å². The first-order valence-electron chi connectivity index (χ1n) is 5.23. The fourth-order valence-corrected chi connectivity index (χ4v) is 2.71. The van der Waals surface area contributed by atoms with E-state index in [2.05, 4.69) is 38.1 Å². The van der Waals surface area contributed by atoms with Gasteiger partial charge in [0.2, 0.25) is 0 Å². The molecule has 0 saturated carbocycles. The lowest BCUT2D eigenvalue weighted by atomic mass is 10.1. The van der Waals surface area contributed by atoms with E-state index < -0.39 is 0 Å². The minimum Gasteiger partial charge on any atom is -0.453 e. The molecule has 2 aromatic heterocycles. The Morgan fingerprint density at radius 3 is 2.88 bits per heavy atom. The molecule has 0 fully saturated rings. The number of nitrogens with one attached hydrogen (secondary N) is 1. The molecule has 0 radical (unpaired) electrons. The zero-order chi connectivity index (χ0) is 11.4. The second-order valence-electron chi connectivity index (χ2n) is 3.65. The molecular formula is C12H14BrNOS. The Kier molecular flexibility index (Phi) is 4.21. The summed E-state index contributed by atoms with van der Waals surface area (Å²) >= 11 is 5.07. The summed E-state index contributed by atoms with van der Waals surface area (Å²) < 4.78 is 6.35. The first-order chi connectivity index (χ1) is 7.79. The predicted octanol–water partition coefficient (Wildman–Crippen LogP) is 4.00. The van der Waals surface area contributed by atoms with Crippen molar-refractivity contribution >= 4 is 27.3 Å². The number of hydrogen-bond donors (Lipinski definition) is 1. The number of rotatable bonds is 5. The Morgan fingerprint density at radius 1 is 1.44 bits per heavy atom. The van der Waals surface area contributed by atoms with Crippen molar-refractivity contribution in [3.8, 4) is 0 Å². The van der Waals surface area contributed by atoms with E-state index in [1.54, 1.807) is 11.3 Å². The fraction of sp³-hybridized carbons (Fsp3) is 0.333. The van der Waals surface area contributed by atoms with E-state index in [9.17, 15) is 0 Å². The molecule has 86 valence electrons. The van der Waals surface area contributed by atoms with E-state index in [0.717, 1.165) is 23.3 Å². The van der Waals surface area contributed by atoms with Crippen LogP contribution in [0.25, 0.3) is 0 Å². The molecule has 2 rings (SSSR count). The van der Waals surface area contributed by atoms with Crippen LogP contribution < -0.4 is 5.32 Å². The molecule has 4 heteroatoms. The quantitative estimate of drug-likeness (QED) is 0.903. The summed E-state index contributed by atoms with van der Waals surface area (Å²) in [5, 5.41) is 7.60. The number of aryl methyl sites for hydroxylation is 1. The molecule has 0 aromatic carbocycles. The number of thiophene rings is 1. The highest BCUT2D eigenvalue weighted by Crippen LogP contribution is 2.24. The lowest BCUT2D eigenvalue weighted by Crippen LogP contribution is -2.16. The number of hydrogen-bond acceptors (Lipinski definition) is 3. The van der Waals surface area contributed by atoms with Crippen molar-refractivity contribution in [3.05, 3.63) is 45.0 Å². The summed E-state index contributed by atoms with van der Waals surface area (Å²) in [4.78, 5) is 0. The molecule has 0 aliphatic rings. The van der Waals surface area contributed by atoms with E-state index in [1.165, 1.54) is 5.56 Å². The van der Waals surface area contributed by atoms with Crippen molar-refractivity contribution < 1.29 is 4.42 Å². The van der Waals surface area contributed by atoms with Crippen molar-refractivity contribution in [2.45, 2.75) is 18.9 Å². The summed E-state index contributed by atoms with van der Waals surface area (Å²) in [5.41, 5.74) is 1.40. The fourth-order valence-electron chi connectivity index (χ4n) is 1.69. The van der Waals surface area contributed by atoms with E-state index >= 15 is 0 Å². The van der Waals surface area contributed by atoms with Crippen molar-refractivity contribution in [2.24, 2.45) is 0 Å². The van der Waals surface area contributed by atoms with E-state index in [4.69, 9.17) is 4.42 Å².